The summed E-state index contributed by atoms with van der Waals surface area (Å²) in [6, 6.07) is 9.26. The van der Waals surface area contributed by atoms with Crippen LogP contribution in [0.25, 0.3) is 0 Å². The third kappa shape index (κ3) is 3.73. The topological polar surface area (TPSA) is 43.7 Å². The number of rotatable bonds is 3. The summed E-state index contributed by atoms with van der Waals surface area (Å²) in [5, 5.41) is 21.3. The van der Waals surface area contributed by atoms with Crippen LogP contribution in [0.5, 0.6) is 0 Å². The Morgan fingerprint density at radius 3 is 2.35 bits per heavy atom. The molecule has 3 rings (SSSR count). The van der Waals surface area contributed by atoms with Crippen molar-refractivity contribution in [1.82, 2.24) is 4.90 Å². The lowest BCUT2D eigenvalue weighted by atomic mass is 9.81. The minimum Gasteiger partial charge on any atom is -0.388 e. The third-order valence-corrected chi connectivity index (χ3v) is 5.42. The van der Waals surface area contributed by atoms with Crippen LogP contribution in [0.3, 0.4) is 0 Å². The second-order valence-corrected chi connectivity index (χ2v) is 7.11. The van der Waals surface area contributed by atoms with Crippen LogP contribution in [0.4, 0.5) is 8.78 Å². The number of aliphatic hydroxyl groups is 2. The van der Waals surface area contributed by atoms with Crippen molar-refractivity contribution in [3.05, 3.63) is 35.9 Å². The molecule has 2 atom stereocenters. The zero-order valence-electron chi connectivity index (χ0n) is 13.3. The highest BCUT2D eigenvalue weighted by Gasteiger charge is 2.43. The van der Waals surface area contributed by atoms with Gasteiger partial charge in [0.05, 0.1) is 6.10 Å². The van der Waals surface area contributed by atoms with Crippen molar-refractivity contribution in [1.29, 1.82) is 0 Å². The predicted octanol–water partition coefficient (Wildman–Crippen LogP) is 2.77. The number of likely N-dealkylation sites (tertiary alicyclic amines) is 1. The molecular formula is C18H25F2NO2. The first-order chi connectivity index (χ1) is 10.9. The Morgan fingerprint density at radius 2 is 1.74 bits per heavy atom. The first kappa shape index (κ1) is 16.8. The van der Waals surface area contributed by atoms with Crippen LogP contribution in [-0.2, 0) is 5.60 Å². The molecule has 1 saturated carbocycles. The molecule has 0 aromatic heterocycles. The number of benzene rings is 1. The van der Waals surface area contributed by atoms with E-state index in [2.05, 4.69) is 4.90 Å². The minimum atomic E-state index is -2.49. The number of hydrogen-bond acceptors (Lipinski definition) is 3. The Morgan fingerprint density at radius 1 is 1.09 bits per heavy atom. The van der Waals surface area contributed by atoms with Crippen LogP contribution >= 0.6 is 0 Å². The molecule has 5 heteroatoms. The number of piperidine rings is 1. The van der Waals surface area contributed by atoms with Gasteiger partial charge in [-0.2, -0.15) is 0 Å². The van der Waals surface area contributed by atoms with E-state index in [0.717, 1.165) is 12.1 Å². The lowest BCUT2D eigenvalue weighted by Gasteiger charge is -2.44. The van der Waals surface area contributed by atoms with Gasteiger partial charge in [-0.05, 0) is 30.7 Å². The van der Waals surface area contributed by atoms with E-state index < -0.39 is 17.6 Å². The van der Waals surface area contributed by atoms with Crippen molar-refractivity contribution in [3.63, 3.8) is 0 Å². The second-order valence-electron chi connectivity index (χ2n) is 7.11. The molecule has 3 nitrogen and oxygen atoms in total. The number of alkyl halides is 2. The fourth-order valence-electron chi connectivity index (χ4n) is 3.86. The first-order valence-electron chi connectivity index (χ1n) is 8.45. The van der Waals surface area contributed by atoms with Crippen LogP contribution in [0.1, 0.15) is 37.7 Å². The van der Waals surface area contributed by atoms with Crippen LogP contribution in [0, 0.1) is 5.92 Å². The van der Waals surface area contributed by atoms with Crippen LogP contribution in [-0.4, -0.2) is 46.8 Å². The number of aliphatic hydroxyl groups excluding tert-OH is 1. The quantitative estimate of drug-likeness (QED) is 0.898. The van der Waals surface area contributed by atoms with Gasteiger partial charge in [-0.25, -0.2) is 8.78 Å². The van der Waals surface area contributed by atoms with Gasteiger partial charge >= 0.3 is 0 Å². The number of halogens is 2. The Hall–Kier alpha value is -1.04. The van der Waals surface area contributed by atoms with Crippen molar-refractivity contribution in [3.8, 4) is 0 Å². The summed E-state index contributed by atoms with van der Waals surface area (Å²) in [6.07, 6.45) is 0.639. The monoisotopic (exact) mass is 325 g/mol. The number of hydrogen-bond donors (Lipinski definition) is 2. The molecule has 2 aliphatic rings. The molecule has 1 heterocycles. The molecule has 1 aromatic rings. The average molecular weight is 325 g/mol. The summed E-state index contributed by atoms with van der Waals surface area (Å²) in [5.74, 6) is -2.23. The maximum Gasteiger partial charge on any atom is 0.248 e. The summed E-state index contributed by atoms with van der Waals surface area (Å²) in [5.41, 5.74) is -0.471. The fourth-order valence-corrected chi connectivity index (χ4v) is 3.86. The van der Waals surface area contributed by atoms with Gasteiger partial charge < -0.3 is 15.1 Å². The summed E-state index contributed by atoms with van der Waals surface area (Å²) in [4.78, 5) is 2.11. The average Bonchev–Trinajstić information content (AvgIpc) is 2.54. The van der Waals surface area contributed by atoms with Crippen LogP contribution in [0.15, 0.2) is 30.3 Å². The highest BCUT2D eigenvalue weighted by Crippen LogP contribution is 2.38. The molecule has 0 radical (unpaired) electrons. The van der Waals surface area contributed by atoms with Gasteiger partial charge in [0.1, 0.15) is 5.60 Å². The van der Waals surface area contributed by atoms with Crippen LogP contribution in [0.2, 0.25) is 0 Å². The SMILES string of the molecule is O[C@H]1CN(CC2CCC(F)(F)CC2)CC[C@]1(O)c1ccccc1. The summed E-state index contributed by atoms with van der Waals surface area (Å²) >= 11 is 0. The number of β-amino-alcohol motifs (C(OH)–C–C–N with tert-alkyl or cyclic N) is 1. The van der Waals surface area contributed by atoms with E-state index in [1.807, 2.05) is 30.3 Å². The van der Waals surface area contributed by atoms with Gasteiger partial charge in [0, 0.05) is 32.5 Å². The Labute approximate surface area is 135 Å². The molecule has 1 aliphatic carbocycles. The van der Waals surface area contributed by atoms with Crippen molar-refractivity contribution in [2.24, 2.45) is 5.92 Å². The highest BCUT2D eigenvalue weighted by molar-refractivity contribution is 5.24. The molecule has 23 heavy (non-hydrogen) atoms. The molecule has 0 bridgehead atoms. The molecule has 0 spiro atoms. The summed E-state index contributed by atoms with van der Waals surface area (Å²) < 4.78 is 26.4. The first-order valence-corrected chi connectivity index (χ1v) is 8.45. The largest absolute Gasteiger partial charge is 0.388 e. The molecule has 128 valence electrons. The standard InChI is InChI=1S/C18H25F2NO2/c19-17(20)8-6-14(7-9-17)12-21-11-10-18(23,16(22)13-21)15-4-2-1-3-5-15/h1-5,14,16,22-23H,6-13H2/t16-,18-/m0/s1. The van der Waals surface area contributed by atoms with E-state index >= 15 is 0 Å². The van der Waals surface area contributed by atoms with Gasteiger partial charge in [-0.15, -0.1) is 0 Å². The van der Waals surface area contributed by atoms with E-state index in [9.17, 15) is 19.0 Å². The summed E-state index contributed by atoms with van der Waals surface area (Å²) in [6.45, 7) is 1.80. The smallest absolute Gasteiger partial charge is 0.248 e. The van der Waals surface area contributed by atoms with Crippen molar-refractivity contribution < 1.29 is 19.0 Å². The van der Waals surface area contributed by atoms with Gasteiger partial charge in [0.2, 0.25) is 5.92 Å². The fraction of sp³-hybridized carbons (Fsp3) is 0.667. The molecule has 0 unspecified atom stereocenters. The zero-order chi connectivity index (χ0) is 16.5. The lowest BCUT2D eigenvalue weighted by Crippen LogP contribution is -2.54. The van der Waals surface area contributed by atoms with E-state index in [-0.39, 0.29) is 18.8 Å². The minimum absolute atomic E-state index is 0.0258. The van der Waals surface area contributed by atoms with Gasteiger partial charge in [0.15, 0.2) is 0 Å². The maximum atomic E-state index is 13.2. The maximum absolute atomic E-state index is 13.2. The molecular weight excluding hydrogens is 300 g/mol. The Balaban J connectivity index is 1.57. The molecule has 1 aromatic carbocycles. The van der Waals surface area contributed by atoms with E-state index in [0.29, 0.717) is 32.4 Å². The number of nitrogens with zero attached hydrogens (tertiary/aromatic N) is 1. The zero-order valence-corrected chi connectivity index (χ0v) is 13.3. The van der Waals surface area contributed by atoms with Gasteiger partial charge in [0.25, 0.3) is 0 Å². The molecule has 0 amide bonds. The molecule has 1 saturated heterocycles. The highest BCUT2D eigenvalue weighted by atomic mass is 19.3. The summed E-state index contributed by atoms with van der Waals surface area (Å²) in [7, 11) is 0. The Bertz CT molecular complexity index is 515. The third-order valence-electron chi connectivity index (χ3n) is 5.42. The van der Waals surface area contributed by atoms with E-state index in [4.69, 9.17) is 0 Å². The van der Waals surface area contributed by atoms with E-state index in [1.54, 1.807) is 0 Å². The van der Waals surface area contributed by atoms with Gasteiger partial charge in [-0.1, -0.05) is 30.3 Å². The molecule has 1 aliphatic heterocycles. The van der Waals surface area contributed by atoms with Crippen molar-refractivity contribution in [2.75, 3.05) is 19.6 Å². The second kappa shape index (κ2) is 6.46. The van der Waals surface area contributed by atoms with Crippen LogP contribution < -0.4 is 0 Å². The van der Waals surface area contributed by atoms with Gasteiger partial charge in [-0.3, -0.25) is 0 Å². The van der Waals surface area contributed by atoms with Crippen molar-refractivity contribution >= 4 is 0 Å². The Kier molecular flexibility index (Phi) is 4.72. The van der Waals surface area contributed by atoms with Crippen molar-refractivity contribution in [2.45, 2.75) is 49.7 Å². The normalized spacial score (nSPS) is 32.8. The predicted molar refractivity (Wildman–Crippen MR) is 84.3 cm³/mol. The lowest BCUT2D eigenvalue weighted by molar-refractivity contribution is -0.128. The molecule has 2 fully saturated rings. The van der Waals surface area contributed by atoms with E-state index in [1.165, 1.54) is 0 Å². The molecule has 2 N–H and O–H groups in total.